The van der Waals surface area contributed by atoms with Gasteiger partial charge in [0.1, 0.15) is 23.7 Å². The monoisotopic (exact) mass is 322 g/mol. The third kappa shape index (κ3) is 3.80. The molecule has 0 bridgehead atoms. The van der Waals surface area contributed by atoms with Crippen molar-refractivity contribution in [1.82, 2.24) is 15.0 Å². The normalized spacial score (nSPS) is 10.2. The molecule has 0 saturated carbocycles. The van der Waals surface area contributed by atoms with E-state index in [4.69, 9.17) is 0 Å². The molecule has 0 saturated heterocycles. The van der Waals surface area contributed by atoms with Crippen LogP contribution in [0.1, 0.15) is 5.56 Å². The summed E-state index contributed by atoms with van der Waals surface area (Å²) < 4.78 is 0. The van der Waals surface area contributed by atoms with Crippen molar-refractivity contribution in [2.45, 2.75) is 6.54 Å². The van der Waals surface area contributed by atoms with E-state index < -0.39 is 4.92 Å². The van der Waals surface area contributed by atoms with Gasteiger partial charge in [0.15, 0.2) is 0 Å². The minimum atomic E-state index is -0.439. The van der Waals surface area contributed by atoms with E-state index in [0.29, 0.717) is 23.9 Å². The highest BCUT2D eigenvalue weighted by Gasteiger charge is 2.12. The Morgan fingerprint density at radius 2 is 1.92 bits per heavy atom. The number of anilines is 3. The molecule has 8 nitrogen and oxygen atoms in total. The Kier molecular flexibility index (Phi) is 4.57. The van der Waals surface area contributed by atoms with Crippen molar-refractivity contribution in [3.05, 3.63) is 76.9 Å². The number of nitro groups is 1. The summed E-state index contributed by atoms with van der Waals surface area (Å²) in [5.41, 5.74) is 1.38. The molecule has 0 radical (unpaired) electrons. The first kappa shape index (κ1) is 15.3. The molecule has 8 heteroatoms. The summed E-state index contributed by atoms with van der Waals surface area (Å²) in [6.07, 6.45) is 4.87. The molecule has 1 aromatic carbocycles. The molecule has 0 aliphatic carbocycles. The van der Waals surface area contributed by atoms with Crippen LogP contribution >= 0.6 is 0 Å². The molecule has 2 aromatic heterocycles. The number of aromatic nitrogens is 3. The third-order valence-corrected chi connectivity index (χ3v) is 3.23. The van der Waals surface area contributed by atoms with Crippen LogP contribution in [0.15, 0.2) is 61.2 Å². The van der Waals surface area contributed by atoms with Crippen molar-refractivity contribution in [2.75, 3.05) is 10.6 Å². The van der Waals surface area contributed by atoms with Gasteiger partial charge in [-0.25, -0.2) is 9.97 Å². The summed E-state index contributed by atoms with van der Waals surface area (Å²) in [5, 5.41) is 17.2. The Balaban J connectivity index is 1.73. The van der Waals surface area contributed by atoms with Gasteiger partial charge in [0.2, 0.25) is 0 Å². The summed E-state index contributed by atoms with van der Waals surface area (Å²) in [6.45, 7) is 0.565. The van der Waals surface area contributed by atoms with E-state index in [-0.39, 0.29) is 5.69 Å². The van der Waals surface area contributed by atoms with E-state index in [1.807, 2.05) is 12.1 Å². The zero-order chi connectivity index (χ0) is 16.8. The zero-order valence-electron chi connectivity index (χ0n) is 12.6. The van der Waals surface area contributed by atoms with Gasteiger partial charge in [0.05, 0.1) is 4.92 Å². The average molecular weight is 322 g/mol. The summed E-state index contributed by atoms with van der Waals surface area (Å²) in [7, 11) is 0. The molecular formula is C16H14N6O2. The number of hydrogen-bond acceptors (Lipinski definition) is 7. The highest BCUT2D eigenvalue weighted by molar-refractivity contribution is 5.68. The van der Waals surface area contributed by atoms with Crippen LogP contribution in [-0.2, 0) is 6.54 Å². The third-order valence-electron chi connectivity index (χ3n) is 3.23. The van der Waals surface area contributed by atoms with Gasteiger partial charge in [-0.1, -0.05) is 18.2 Å². The second-order valence-corrected chi connectivity index (χ2v) is 4.90. The van der Waals surface area contributed by atoms with Gasteiger partial charge < -0.3 is 10.6 Å². The van der Waals surface area contributed by atoms with E-state index in [2.05, 4.69) is 25.6 Å². The van der Waals surface area contributed by atoms with Gasteiger partial charge in [-0.2, -0.15) is 0 Å². The molecule has 120 valence electrons. The fourth-order valence-corrected chi connectivity index (χ4v) is 2.09. The summed E-state index contributed by atoms with van der Waals surface area (Å²) in [4.78, 5) is 22.9. The highest BCUT2D eigenvalue weighted by atomic mass is 16.6. The van der Waals surface area contributed by atoms with Crippen LogP contribution in [-0.4, -0.2) is 19.9 Å². The largest absolute Gasteiger partial charge is 0.366 e. The van der Waals surface area contributed by atoms with Crippen LogP contribution in [0.4, 0.5) is 23.0 Å². The van der Waals surface area contributed by atoms with Crippen molar-refractivity contribution in [2.24, 2.45) is 0 Å². The second-order valence-electron chi connectivity index (χ2n) is 4.90. The topological polar surface area (TPSA) is 106 Å². The number of benzene rings is 1. The molecule has 0 aliphatic heterocycles. The Labute approximate surface area is 137 Å². The lowest BCUT2D eigenvalue weighted by atomic mass is 10.2. The van der Waals surface area contributed by atoms with Crippen LogP contribution in [0, 0.1) is 10.1 Å². The van der Waals surface area contributed by atoms with E-state index in [9.17, 15) is 10.1 Å². The van der Waals surface area contributed by atoms with Crippen molar-refractivity contribution in [3.63, 3.8) is 0 Å². The minimum Gasteiger partial charge on any atom is -0.366 e. The molecule has 24 heavy (non-hydrogen) atoms. The van der Waals surface area contributed by atoms with Crippen LogP contribution in [0.5, 0.6) is 0 Å². The quantitative estimate of drug-likeness (QED) is 0.530. The maximum Gasteiger partial charge on any atom is 0.292 e. The number of pyridine rings is 1. The molecule has 3 aromatic rings. The molecule has 0 fully saturated rings. The van der Waals surface area contributed by atoms with Gasteiger partial charge in [-0.15, -0.1) is 0 Å². The molecule has 2 heterocycles. The summed E-state index contributed by atoms with van der Waals surface area (Å²) >= 11 is 0. The molecular weight excluding hydrogens is 308 g/mol. The first-order valence-electron chi connectivity index (χ1n) is 7.17. The highest BCUT2D eigenvalue weighted by Crippen LogP contribution is 2.26. The summed E-state index contributed by atoms with van der Waals surface area (Å²) in [5.74, 6) is 1.07. The Hall–Kier alpha value is -3.55. The summed E-state index contributed by atoms with van der Waals surface area (Å²) in [6, 6.07) is 11.9. The number of nitrogens with one attached hydrogen (secondary N) is 2. The number of hydrogen-bond donors (Lipinski definition) is 2. The molecule has 0 atom stereocenters. The van der Waals surface area contributed by atoms with E-state index in [1.165, 1.54) is 12.4 Å². The number of para-hydroxylation sites is 2. The van der Waals surface area contributed by atoms with E-state index >= 15 is 0 Å². The standard InChI is InChI=1S/C16H14N6O2/c23-22(24)14-6-2-1-5-13(14)21-16-8-15(19-11-20-16)18-10-12-4-3-7-17-9-12/h1-9,11H,10H2,(H2,18,19,20,21). The molecule has 0 unspecified atom stereocenters. The first-order valence-corrected chi connectivity index (χ1v) is 7.17. The average Bonchev–Trinajstić information content (AvgIpc) is 2.61. The lowest BCUT2D eigenvalue weighted by molar-refractivity contribution is -0.383. The number of rotatable bonds is 6. The molecule has 0 spiro atoms. The fraction of sp³-hybridized carbons (Fsp3) is 0.0625. The lowest BCUT2D eigenvalue weighted by Crippen LogP contribution is -2.04. The molecule has 2 N–H and O–H groups in total. The number of nitrogens with zero attached hydrogens (tertiary/aromatic N) is 4. The van der Waals surface area contributed by atoms with Crippen molar-refractivity contribution in [1.29, 1.82) is 0 Å². The molecule has 0 amide bonds. The van der Waals surface area contributed by atoms with E-state index in [1.54, 1.807) is 36.7 Å². The van der Waals surface area contributed by atoms with Crippen molar-refractivity contribution in [3.8, 4) is 0 Å². The minimum absolute atomic E-state index is 0.0130. The fourth-order valence-electron chi connectivity index (χ4n) is 2.09. The first-order chi connectivity index (χ1) is 11.7. The van der Waals surface area contributed by atoms with Crippen LogP contribution in [0.2, 0.25) is 0 Å². The Morgan fingerprint density at radius 3 is 2.71 bits per heavy atom. The van der Waals surface area contributed by atoms with Crippen molar-refractivity contribution >= 4 is 23.0 Å². The van der Waals surface area contributed by atoms with Gasteiger partial charge >= 0.3 is 0 Å². The Bertz CT molecular complexity index is 841. The van der Waals surface area contributed by atoms with Crippen molar-refractivity contribution < 1.29 is 4.92 Å². The van der Waals surface area contributed by atoms with Gasteiger partial charge in [-0.05, 0) is 17.7 Å². The predicted molar refractivity (Wildman–Crippen MR) is 90.0 cm³/mol. The molecule has 0 aliphatic rings. The SMILES string of the molecule is O=[N+]([O-])c1ccccc1Nc1cc(NCc2cccnc2)ncn1. The molecule has 3 rings (SSSR count). The van der Waals surface area contributed by atoms with Crippen LogP contribution in [0.25, 0.3) is 0 Å². The van der Waals surface area contributed by atoms with Gasteiger partial charge in [0.25, 0.3) is 5.69 Å². The van der Waals surface area contributed by atoms with Gasteiger partial charge in [-0.3, -0.25) is 15.1 Å². The zero-order valence-corrected chi connectivity index (χ0v) is 12.6. The van der Waals surface area contributed by atoms with Crippen LogP contribution < -0.4 is 10.6 Å². The maximum absolute atomic E-state index is 11.1. The number of nitro benzene ring substituents is 1. The van der Waals surface area contributed by atoms with Gasteiger partial charge in [0, 0.05) is 31.1 Å². The predicted octanol–water partition coefficient (Wildman–Crippen LogP) is 3.14. The Morgan fingerprint density at radius 1 is 1.08 bits per heavy atom. The maximum atomic E-state index is 11.1. The smallest absolute Gasteiger partial charge is 0.292 e. The second kappa shape index (κ2) is 7.14. The van der Waals surface area contributed by atoms with Crippen LogP contribution in [0.3, 0.4) is 0 Å². The van der Waals surface area contributed by atoms with E-state index in [0.717, 1.165) is 5.56 Å². The lowest BCUT2D eigenvalue weighted by Gasteiger charge is -2.09.